The zero-order valence-electron chi connectivity index (χ0n) is 10.1. The van der Waals surface area contributed by atoms with E-state index in [0.29, 0.717) is 18.5 Å². The summed E-state index contributed by atoms with van der Waals surface area (Å²) >= 11 is 0. The van der Waals surface area contributed by atoms with Crippen LogP contribution in [0.15, 0.2) is 18.3 Å². The van der Waals surface area contributed by atoms with Gasteiger partial charge in [-0.2, -0.15) is 0 Å². The Morgan fingerprint density at radius 3 is 3.06 bits per heavy atom. The van der Waals surface area contributed by atoms with Gasteiger partial charge in [0.05, 0.1) is 0 Å². The number of nitrogens with zero attached hydrogens (tertiary/aromatic N) is 3. The summed E-state index contributed by atoms with van der Waals surface area (Å²) in [5.41, 5.74) is 7.75. The van der Waals surface area contributed by atoms with Gasteiger partial charge in [0, 0.05) is 18.7 Å². The van der Waals surface area contributed by atoms with E-state index in [4.69, 9.17) is 10.7 Å². The van der Waals surface area contributed by atoms with Crippen molar-refractivity contribution in [2.24, 2.45) is 11.7 Å². The number of pyridine rings is 1. The Labute approximate surface area is 101 Å². The van der Waals surface area contributed by atoms with E-state index in [1.807, 2.05) is 18.3 Å². The Hall–Kier alpha value is -1.42. The average Bonchev–Trinajstić information content (AvgIpc) is 3.11. The predicted molar refractivity (Wildman–Crippen MR) is 67.7 cm³/mol. The van der Waals surface area contributed by atoms with Gasteiger partial charge in [-0.3, -0.25) is 0 Å². The van der Waals surface area contributed by atoms with Gasteiger partial charge < -0.3 is 10.3 Å². The molecular formula is C13H18N4. The summed E-state index contributed by atoms with van der Waals surface area (Å²) in [6, 6.07) is 4.61. The molecule has 2 aromatic heterocycles. The lowest BCUT2D eigenvalue weighted by Crippen LogP contribution is -2.16. The maximum Gasteiger partial charge on any atom is 0.160 e. The molecule has 0 radical (unpaired) electrons. The second-order valence-electron chi connectivity index (χ2n) is 5.02. The van der Waals surface area contributed by atoms with Crippen molar-refractivity contribution >= 4 is 11.2 Å². The third kappa shape index (κ3) is 1.93. The van der Waals surface area contributed by atoms with Gasteiger partial charge in [0.2, 0.25) is 0 Å². The fraction of sp³-hybridized carbons (Fsp3) is 0.538. The smallest absolute Gasteiger partial charge is 0.160 e. The van der Waals surface area contributed by atoms with Gasteiger partial charge in [-0.1, -0.05) is 6.92 Å². The molecule has 0 aliphatic heterocycles. The van der Waals surface area contributed by atoms with E-state index in [-0.39, 0.29) is 0 Å². The van der Waals surface area contributed by atoms with Crippen molar-refractivity contribution < 1.29 is 0 Å². The van der Waals surface area contributed by atoms with E-state index in [1.54, 1.807) is 0 Å². The minimum atomic E-state index is 0.476. The number of rotatable bonds is 4. The minimum absolute atomic E-state index is 0.476. The van der Waals surface area contributed by atoms with Crippen molar-refractivity contribution in [3.8, 4) is 0 Å². The summed E-state index contributed by atoms with van der Waals surface area (Å²) in [4.78, 5) is 9.17. The maximum absolute atomic E-state index is 5.70. The van der Waals surface area contributed by atoms with Gasteiger partial charge >= 0.3 is 0 Å². The van der Waals surface area contributed by atoms with Gasteiger partial charge in [-0.25, -0.2) is 9.97 Å². The SMILES string of the molecule is CC(CN)Cc1nc2cccnc2n1C1CC1. The average molecular weight is 230 g/mol. The molecule has 1 fully saturated rings. The van der Waals surface area contributed by atoms with Crippen LogP contribution < -0.4 is 5.73 Å². The van der Waals surface area contributed by atoms with Crippen LogP contribution >= 0.6 is 0 Å². The summed E-state index contributed by atoms with van der Waals surface area (Å²) in [7, 11) is 0. The Bertz CT molecular complexity index is 527. The summed E-state index contributed by atoms with van der Waals surface area (Å²) < 4.78 is 2.32. The number of hydrogen-bond donors (Lipinski definition) is 1. The highest BCUT2D eigenvalue weighted by atomic mass is 15.2. The number of hydrogen-bond acceptors (Lipinski definition) is 3. The van der Waals surface area contributed by atoms with E-state index in [2.05, 4.69) is 16.5 Å². The zero-order valence-corrected chi connectivity index (χ0v) is 10.1. The molecule has 0 saturated heterocycles. The van der Waals surface area contributed by atoms with Crippen LogP contribution in [0.1, 0.15) is 31.6 Å². The summed E-state index contributed by atoms with van der Waals surface area (Å²) in [5, 5.41) is 0. The van der Waals surface area contributed by atoms with Crippen molar-refractivity contribution in [1.29, 1.82) is 0 Å². The first-order valence-corrected chi connectivity index (χ1v) is 6.31. The highest BCUT2D eigenvalue weighted by Crippen LogP contribution is 2.38. The molecule has 0 spiro atoms. The molecule has 90 valence electrons. The predicted octanol–water partition coefficient (Wildman–Crippen LogP) is 1.90. The van der Waals surface area contributed by atoms with Gasteiger partial charge in [0.15, 0.2) is 5.65 Å². The molecule has 0 aromatic carbocycles. The normalized spacial score (nSPS) is 17.5. The van der Waals surface area contributed by atoms with Crippen molar-refractivity contribution in [3.63, 3.8) is 0 Å². The molecule has 4 heteroatoms. The van der Waals surface area contributed by atoms with Crippen LogP contribution in [0.2, 0.25) is 0 Å². The molecule has 3 rings (SSSR count). The lowest BCUT2D eigenvalue weighted by atomic mass is 10.1. The van der Waals surface area contributed by atoms with Crippen LogP contribution in [0.4, 0.5) is 0 Å². The number of aromatic nitrogens is 3. The largest absolute Gasteiger partial charge is 0.330 e. The van der Waals surface area contributed by atoms with Crippen LogP contribution in [0, 0.1) is 5.92 Å². The summed E-state index contributed by atoms with van der Waals surface area (Å²) in [5.74, 6) is 1.63. The maximum atomic E-state index is 5.70. The van der Waals surface area contributed by atoms with Crippen LogP contribution in [0.5, 0.6) is 0 Å². The van der Waals surface area contributed by atoms with Crippen LogP contribution in [-0.2, 0) is 6.42 Å². The van der Waals surface area contributed by atoms with Gasteiger partial charge in [-0.05, 0) is 37.4 Å². The Morgan fingerprint density at radius 2 is 2.35 bits per heavy atom. The lowest BCUT2D eigenvalue weighted by Gasteiger charge is -2.10. The first-order chi connectivity index (χ1) is 8.29. The molecule has 2 N–H and O–H groups in total. The molecule has 1 aliphatic rings. The minimum Gasteiger partial charge on any atom is -0.330 e. The monoisotopic (exact) mass is 230 g/mol. The van der Waals surface area contributed by atoms with E-state index in [9.17, 15) is 0 Å². The van der Waals surface area contributed by atoms with Crippen molar-refractivity contribution in [2.45, 2.75) is 32.2 Å². The van der Waals surface area contributed by atoms with Gasteiger partial charge in [0.1, 0.15) is 11.3 Å². The van der Waals surface area contributed by atoms with Crippen LogP contribution in [0.25, 0.3) is 11.2 Å². The fourth-order valence-corrected chi connectivity index (χ4v) is 2.23. The molecule has 1 unspecified atom stereocenters. The molecular weight excluding hydrogens is 212 g/mol. The first kappa shape index (κ1) is 10.7. The number of fused-ring (bicyclic) bond motifs is 1. The standard InChI is InChI=1S/C13H18N4/c1-9(8-14)7-12-16-11-3-2-6-15-13(11)17(12)10-4-5-10/h2-3,6,9-10H,4-5,7-8,14H2,1H3. The molecule has 0 amide bonds. The van der Waals surface area contributed by atoms with E-state index >= 15 is 0 Å². The van der Waals surface area contributed by atoms with E-state index in [1.165, 1.54) is 12.8 Å². The molecule has 0 bridgehead atoms. The Balaban J connectivity index is 2.06. The van der Waals surface area contributed by atoms with Crippen molar-refractivity contribution in [1.82, 2.24) is 14.5 Å². The third-order valence-electron chi connectivity index (χ3n) is 3.37. The van der Waals surface area contributed by atoms with Crippen molar-refractivity contribution in [2.75, 3.05) is 6.54 Å². The molecule has 1 atom stereocenters. The van der Waals surface area contributed by atoms with Crippen LogP contribution in [-0.4, -0.2) is 21.1 Å². The fourth-order valence-electron chi connectivity index (χ4n) is 2.23. The summed E-state index contributed by atoms with van der Waals surface area (Å²) in [6.07, 6.45) is 5.31. The quantitative estimate of drug-likeness (QED) is 0.872. The molecule has 2 aromatic rings. The topological polar surface area (TPSA) is 56.7 Å². The molecule has 1 aliphatic carbocycles. The Kier molecular flexibility index (Phi) is 2.59. The highest BCUT2D eigenvalue weighted by Gasteiger charge is 2.28. The molecule has 2 heterocycles. The summed E-state index contributed by atoms with van der Waals surface area (Å²) in [6.45, 7) is 2.88. The second-order valence-corrected chi connectivity index (χ2v) is 5.02. The lowest BCUT2D eigenvalue weighted by molar-refractivity contribution is 0.549. The molecule has 1 saturated carbocycles. The molecule has 17 heavy (non-hydrogen) atoms. The second kappa shape index (κ2) is 4.11. The third-order valence-corrected chi connectivity index (χ3v) is 3.37. The molecule has 4 nitrogen and oxygen atoms in total. The van der Waals surface area contributed by atoms with Gasteiger partial charge in [-0.15, -0.1) is 0 Å². The van der Waals surface area contributed by atoms with E-state index in [0.717, 1.165) is 23.4 Å². The number of imidazole rings is 1. The van der Waals surface area contributed by atoms with Gasteiger partial charge in [0.25, 0.3) is 0 Å². The highest BCUT2D eigenvalue weighted by molar-refractivity contribution is 5.71. The van der Waals surface area contributed by atoms with E-state index < -0.39 is 0 Å². The van der Waals surface area contributed by atoms with Crippen molar-refractivity contribution in [3.05, 3.63) is 24.2 Å². The number of nitrogens with two attached hydrogens (primary N) is 1. The first-order valence-electron chi connectivity index (χ1n) is 6.31. The zero-order chi connectivity index (χ0) is 11.8. The van der Waals surface area contributed by atoms with Crippen LogP contribution in [0.3, 0.4) is 0 Å². The Morgan fingerprint density at radius 1 is 1.53 bits per heavy atom.